The topological polar surface area (TPSA) is 36.9 Å². The summed E-state index contributed by atoms with van der Waals surface area (Å²) in [4.78, 5) is 0. The second-order valence-electron chi connectivity index (χ2n) is 5.05. The second-order valence-corrected chi connectivity index (χ2v) is 7.72. The third kappa shape index (κ3) is 5.37. The average molecular weight is 359 g/mol. The highest BCUT2D eigenvalue weighted by Crippen LogP contribution is 2.16. The summed E-state index contributed by atoms with van der Waals surface area (Å²) < 4.78 is 21.0. The van der Waals surface area contributed by atoms with Gasteiger partial charge < -0.3 is 18.9 Å². The molecule has 2 aromatic carbocycles. The molecule has 2 aromatic rings. The molecule has 0 atom stereocenters. The van der Waals surface area contributed by atoms with E-state index < -0.39 is 0 Å². The molecule has 0 aliphatic heterocycles. The molecule has 0 N–H and O–H groups in total. The summed E-state index contributed by atoms with van der Waals surface area (Å²) in [6, 6.07) is 17.0. The molecule has 0 fully saturated rings. The fourth-order valence-electron chi connectivity index (χ4n) is 2.22. The Labute approximate surface area is 148 Å². The molecule has 2 rings (SSSR count). The van der Waals surface area contributed by atoms with Crippen LogP contribution in [0.1, 0.15) is 0 Å². The average Bonchev–Trinajstić information content (AvgIpc) is 2.65. The quantitative estimate of drug-likeness (QED) is 0.498. The number of rotatable bonds is 9. The molecule has 0 unspecified atom stereocenters. The van der Waals surface area contributed by atoms with Crippen molar-refractivity contribution in [2.24, 2.45) is 0 Å². The van der Waals surface area contributed by atoms with Gasteiger partial charge >= 0.3 is 0 Å². The molecule has 0 amide bonds. The van der Waals surface area contributed by atoms with E-state index in [1.807, 2.05) is 0 Å². The van der Waals surface area contributed by atoms with Gasteiger partial charge in [-0.15, -0.1) is 0 Å². The van der Waals surface area contributed by atoms with E-state index in [0.29, 0.717) is 19.0 Å². The highest BCUT2D eigenvalue weighted by molar-refractivity contribution is 6.54. The molecule has 24 heavy (non-hydrogen) atoms. The lowest BCUT2D eigenvalue weighted by Crippen LogP contribution is -2.31. The first-order valence-corrected chi connectivity index (χ1v) is 9.70. The lowest BCUT2D eigenvalue weighted by atomic mass is 10.1. The van der Waals surface area contributed by atoms with Gasteiger partial charge in [-0.2, -0.15) is 0 Å². The minimum absolute atomic E-state index is 0.175. The van der Waals surface area contributed by atoms with Gasteiger partial charge in [-0.3, -0.25) is 0 Å². The monoisotopic (exact) mass is 358 g/mol. The van der Waals surface area contributed by atoms with Crippen molar-refractivity contribution in [2.45, 2.75) is 11.8 Å². The molecule has 0 aromatic heterocycles. The number of hydrogen-bond donors (Lipinski definition) is 0. The van der Waals surface area contributed by atoms with E-state index in [-0.39, 0.29) is 11.8 Å². The minimum atomic E-state index is -0.175. The summed E-state index contributed by atoms with van der Waals surface area (Å²) in [5, 5.41) is 2.43. The molecule has 4 radical (unpaired) electrons. The van der Waals surface area contributed by atoms with Gasteiger partial charge in [-0.25, -0.2) is 0 Å². The van der Waals surface area contributed by atoms with Gasteiger partial charge in [-0.1, -0.05) is 58.9 Å². The maximum Gasteiger partial charge on any atom is 0.157 e. The number of benzene rings is 2. The summed E-state index contributed by atoms with van der Waals surface area (Å²) in [7, 11) is 7.60. The molecule has 0 saturated carbocycles. The van der Waals surface area contributed by atoms with Crippen molar-refractivity contribution in [1.29, 1.82) is 0 Å². The van der Waals surface area contributed by atoms with E-state index in [4.69, 9.17) is 18.9 Å². The summed E-state index contributed by atoms with van der Waals surface area (Å²) in [6.45, 7) is 0. The number of ether oxygens (including phenoxy) is 4. The first-order valence-electron chi connectivity index (χ1n) is 7.55. The molecule has 0 saturated heterocycles. The van der Waals surface area contributed by atoms with Crippen LogP contribution >= 0.6 is 0 Å². The van der Waals surface area contributed by atoms with Gasteiger partial charge in [0, 0.05) is 28.4 Å². The molecule has 4 nitrogen and oxygen atoms in total. The van der Waals surface area contributed by atoms with Gasteiger partial charge in [0.05, 0.1) is 0 Å². The Balaban J connectivity index is 2.03. The van der Waals surface area contributed by atoms with E-state index in [9.17, 15) is 0 Å². The van der Waals surface area contributed by atoms with Gasteiger partial charge in [0.15, 0.2) is 19.0 Å². The van der Waals surface area contributed by atoms with Crippen LogP contribution in [-0.2, 0) is 18.9 Å². The SMILES string of the molecule is COC(OC)[Si]c1ccc(-c2ccc([Si]C(OC)OC)cc2)cc1. The predicted octanol–water partition coefficient (Wildman–Crippen LogP) is 1.17. The van der Waals surface area contributed by atoms with Crippen molar-refractivity contribution in [1.82, 2.24) is 0 Å². The van der Waals surface area contributed by atoms with Crippen LogP contribution < -0.4 is 10.4 Å². The summed E-state index contributed by atoms with van der Waals surface area (Å²) in [6.07, 6.45) is 0. The molecule has 0 aliphatic rings. The van der Waals surface area contributed by atoms with Crippen molar-refractivity contribution in [3.63, 3.8) is 0 Å². The lowest BCUT2D eigenvalue weighted by Gasteiger charge is -2.13. The molecular formula is C18H22O4Si2. The number of hydrogen-bond acceptors (Lipinski definition) is 4. The van der Waals surface area contributed by atoms with Crippen LogP contribution in [-0.4, -0.2) is 59.3 Å². The fraction of sp³-hybridized carbons (Fsp3) is 0.333. The molecule has 0 bridgehead atoms. The fourth-order valence-corrected chi connectivity index (χ4v) is 3.95. The molecule has 0 spiro atoms. The third-order valence-corrected chi connectivity index (χ3v) is 6.28. The Morgan fingerprint density at radius 2 is 0.833 bits per heavy atom. The van der Waals surface area contributed by atoms with Crippen molar-refractivity contribution in [3.8, 4) is 11.1 Å². The first kappa shape index (κ1) is 19.0. The maximum absolute atomic E-state index is 5.25. The normalized spacial score (nSPS) is 11.4. The Hall–Kier alpha value is -1.29. The zero-order chi connectivity index (χ0) is 17.4. The van der Waals surface area contributed by atoms with Crippen LogP contribution in [0, 0.1) is 0 Å². The first-order chi connectivity index (χ1) is 11.7. The highest BCUT2D eigenvalue weighted by atomic mass is 28.2. The van der Waals surface area contributed by atoms with Crippen LogP contribution in [0.4, 0.5) is 0 Å². The smallest absolute Gasteiger partial charge is 0.157 e. The summed E-state index contributed by atoms with van der Waals surface area (Å²) in [5.74, 6) is -0.351. The van der Waals surface area contributed by atoms with Crippen LogP contribution in [0.3, 0.4) is 0 Å². The van der Waals surface area contributed by atoms with Gasteiger partial charge in [-0.05, 0) is 11.1 Å². The van der Waals surface area contributed by atoms with Crippen molar-refractivity contribution in [3.05, 3.63) is 48.5 Å². The summed E-state index contributed by atoms with van der Waals surface area (Å²) >= 11 is 0. The van der Waals surface area contributed by atoms with Crippen LogP contribution in [0.15, 0.2) is 48.5 Å². The van der Waals surface area contributed by atoms with Gasteiger partial charge in [0.1, 0.15) is 11.8 Å². The largest absolute Gasteiger partial charge is 0.360 e. The molecule has 6 heteroatoms. The Morgan fingerprint density at radius 1 is 0.542 bits per heavy atom. The van der Waals surface area contributed by atoms with Gasteiger partial charge in [0.25, 0.3) is 0 Å². The molecule has 126 valence electrons. The Morgan fingerprint density at radius 3 is 1.08 bits per heavy atom. The van der Waals surface area contributed by atoms with Crippen LogP contribution in [0.25, 0.3) is 11.1 Å². The van der Waals surface area contributed by atoms with E-state index in [1.165, 1.54) is 21.5 Å². The molecule has 0 heterocycles. The molecule has 0 aliphatic carbocycles. The van der Waals surface area contributed by atoms with Crippen molar-refractivity contribution in [2.75, 3.05) is 28.4 Å². The maximum atomic E-state index is 5.25. The lowest BCUT2D eigenvalue weighted by molar-refractivity contribution is -0.0430. The van der Waals surface area contributed by atoms with Crippen LogP contribution in [0.5, 0.6) is 0 Å². The van der Waals surface area contributed by atoms with E-state index in [1.54, 1.807) is 28.4 Å². The van der Waals surface area contributed by atoms with E-state index in [0.717, 1.165) is 0 Å². The molecular weight excluding hydrogens is 336 g/mol. The minimum Gasteiger partial charge on any atom is -0.360 e. The standard InChI is InChI=1S/C18H22O4Si2/c1-19-17(20-2)23-15-9-5-13(6-10-15)14-7-11-16(12-8-14)24-18(21-3)22-4/h5-12,17-18H,1-4H3. The number of methoxy groups -OCH3 is 4. The second kappa shape index (κ2) is 9.88. The van der Waals surface area contributed by atoms with Crippen molar-refractivity contribution < 1.29 is 18.9 Å². The predicted molar refractivity (Wildman–Crippen MR) is 98.3 cm³/mol. The summed E-state index contributed by atoms with van der Waals surface area (Å²) in [5.41, 5.74) is 2.39. The van der Waals surface area contributed by atoms with E-state index in [2.05, 4.69) is 48.5 Å². The Bertz CT molecular complexity index is 538. The van der Waals surface area contributed by atoms with Crippen molar-refractivity contribution >= 4 is 29.4 Å². The zero-order valence-electron chi connectivity index (χ0n) is 14.4. The van der Waals surface area contributed by atoms with E-state index >= 15 is 0 Å². The van der Waals surface area contributed by atoms with Gasteiger partial charge in [0.2, 0.25) is 0 Å². The van der Waals surface area contributed by atoms with Crippen LogP contribution in [0.2, 0.25) is 0 Å². The Kier molecular flexibility index (Phi) is 7.84. The zero-order valence-corrected chi connectivity index (χ0v) is 16.4. The highest BCUT2D eigenvalue weighted by Gasteiger charge is 2.10. The third-order valence-electron chi connectivity index (χ3n) is 3.53.